The molecule has 1 atom stereocenters. The minimum absolute atomic E-state index is 0.0446. The van der Waals surface area contributed by atoms with Gasteiger partial charge in [-0.3, -0.25) is 10.1 Å². The van der Waals surface area contributed by atoms with Gasteiger partial charge in [-0.25, -0.2) is 14.6 Å². The van der Waals surface area contributed by atoms with E-state index in [0.717, 1.165) is 22.3 Å². The Kier molecular flexibility index (Phi) is 5.93. The molecule has 1 saturated heterocycles. The molecule has 2 aromatic carbocycles. The molecule has 1 fully saturated rings. The fourth-order valence-corrected chi connectivity index (χ4v) is 5.49. The van der Waals surface area contributed by atoms with Crippen LogP contribution in [0.4, 0.5) is 10.5 Å². The number of carbonyl (C=O) groups excluding carboxylic acids is 2. The highest BCUT2D eigenvalue weighted by Crippen LogP contribution is 2.44. The van der Waals surface area contributed by atoms with Gasteiger partial charge in [0.1, 0.15) is 18.3 Å². The molecule has 0 bridgehead atoms. The van der Waals surface area contributed by atoms with Gasteiger partial charge in [-0.1, -0.05) is 48.5 Å². The summed E-state index contributed by atoms with van der Waals surface area (Å²) in [5.74, 6) is -0.881. The highest BCUT2D eigenvalue weighted by Gasteiger charge is 2.35. The van der Waals surface area contributed by atoms with Gasteiger partial charge in [-0.15, -0.1) is 11.8 Å². The van der Waals surface area contributed by atoms with Gasteiger partial charge in [-0.05, 0) is 34.4 Å². The smallest absolute Gasteiger partial charge is 0.411 e. The van der Waals surface area contributed by atoms with Gasteiger partial charge in [0.25, 0.3) is 5.91 Å². The first-order valence-corrected chi connectivity index (χ1v) is 11.9. The number of anilines is 1. The summed E-state index contributed by atoms with van der Waals surface area (Å²) in [5.41, 5.74) is 5.05. The van der Waals surface area contributed by atoms with E-state index in [-0.39, 0.29) is 18.2 Å². The Morgan fingerprint density at radius 1 is 1.03 bits per heavy atom. The minimum Gasteiger partial charge on any atom is -0.480 e. The third-order valence-electron chi connectivity index (χ3n) is 6.00. The van der Waals surface area contributed by atoms with Crippen molar-refractivity contribution in [2.24, 2.45) is 0 Å². The molecule has 1 aliphatic heterocycles. The number of benzene rings is 2. The van der Waals surface area contributed by atoms with Crippen LogP contribution in [0.1, 0.15) is 27.5 Å². The first-order valence-electron chi connectivity index (χ1n) is 10.7. The number of pyridine rings is 1. The number of nitrogens with one attached hydrogen (secondary N) is 1. The number of hydrogen-bond acceptors (Lipinski definition) is 6. The predicted octanol–water partition coefficient (Wildman–Crippen LogP) is 4.04. The number of fused-ring (bicyclic) bond motifs is 3. The molecule has 3 aromatic rings. The van der Waals surface area contributed by atoms with Crippen LogP contribution in [0.2, 0.25) is 0 Å². The number of rotatable bonds is 5. The molecule has 9 heteroatoms. The van der Waals surface area contributed by atoms with E-state index in [9.17, 15) is 19.5 Å². The van der Waals surface area contributed by atoms with Crippen LogP contribution < -0.4 is 5.32 Å². The number of nitrogens with zero attached hydrogens (tertiary/aromatic N) is 2. The molecular weight excluding hydrogens is 454 g/mol. The summed E-state index contributed by atoms with van der Waals surface area (Å²) >= 11 is 1.38. The van der Waals surface area contributed by atoms with Crippen LogP contribution in [0.25, 0.3) is 11.1 Å². The van der Waals surface area contributed by atoms with Crippen LogP contribution in [-0.4, -0.2) is 57.2 Å². The molecule has 1 unspecified atom stereocenters. The van der Waals surface area contributed by atoms with E-state index in [0.29, 0.717) is 17.3 Å². The number of carboxylic acid groups (broad SMARTS) is 1. The molecule has 5 rings (SSSR count). The maximum Gasteiger partial charge on any atom is 0.411 e. The second-order valence-electron chi connectivity index (χ2n) is 8.01. The monoisotopic (exact) mass is 475 g/mol. The Hall–Kier alpha value is -3.85. The highest BCUT2D eigenvalue weighted by atomic mass is 32.2. The van der Waals surface area contributed by atoms with E-state index in [1.54, 1.807) is 6.07 Å². The average molecular weight is 476 g/mol. The summed E-state index contributed by atoms with van der Waals surface area (Å²) in [6.45, 7) is 0.188. The van der Waals surface area contributed by atoms with E-state index in [1.165, 1.54) is 28.9 Å². The summed E-state index contributed by atoms with van der Waals surface area (Å²) in [4.78, 5) is 41.8. The Morgan fingerprint density at radius 3 is 2.32 bits per heavy atom. The summed E-state index contributed by atoms with van der Waals surface area (Å²) < 4.78 is 5.52. The molecule has 2 aliphatic rings. The van der Waals surface area contributed by atoms with E-state index < -0.39 is 24.0 Å². The number of carbonyl (C=O) groups is 3. The molecule has 0 spiro atoms. The molecule has 2 N–H and O–H groups in total. The highest BCUT2D eigenvalue weighted by molar-refractivity contribution is 7.99. The lowest BCUT2D eigenvalue weighted by Crippen LogP contribution is -2.42. The Morgan fingerprint density at radius 2 is 1.71 bits per heavy atom. The molecule has 0 saturated carbocycles. The number of aliphatic carboxylic acids is 1. The summed E-state index contributed by atoms with van der Waals surface area (Å²) in [7, 11) is 0. The lowest BCUT2D eigenvalue weighted by atomic mass is 9.98. The maximum atomic E-state index is 12.6. The molecule has 2 heterocycles. The van der Waals surface area contributed by atoms with Crippen LogP contribution in [0.15, 0.2) is 66.9 Å². The largest absolute Gasteiger partial charge is 0.480 e. The van der Waals surface area contributed by atoms with Crippen LogP contribution in [0, 0.1) is 0 Å². The van der Waals surface area contributed by atoms with Crippen molar-refractivity contribution >= 4 is 35.4 Å². The van der Waals surface area contributed by atoms with Gasteiger partial charge in [0.2, 0.25) is 0 Å². The maximum absolute atomic E-state index is 12.6. The molecule has 34 heavy (non-hydrogen) atoms. The lowest BCUT2D eigenvalue weighted by Gasteiger charge is -2.20. The zero-order valence-electron chi connectivity index (χ0n) is 18.0. The van der Waals surface area contributed by atoms with Crippen molar-refractivity contribution in [1.82, 2.24) is 9.88 Å². The van der Waals surface area contributed by atoms with Crippen molar-refractivity contribution in [3.8, 4) is 11.1 Å². The zero-order chi connectivity index (χ0) is 23.7. The first kappa shape index (κ1) is 22.0. The van der Waals surface area contributed by atoms with E-state index in [1.807, 2.05) is 24.3 Å². The van der Waals surface area contributed by atoms with Gasteiger partial charge in [0, 0.05) is 11.7 Å². The summed E-state index contributed by atoms with van der Waals surface area (Å²) in [5, 5.41) is 11.9. The zero-order valence-corrected chi connectivity index (χ0v) is 18.8. The molecule has 1 aliphatic carbocycles. The van der Waals surface area contributed by atoms with Crippen LogP contribution >= 0.6 is 11.8 Å². The van der Waals surface area contributed by atoms with Crippen LogP contribution in [0.5, 0.6) is 0 Å². The molecule has 8 nitrogen and oxygen atoms in total. The second-order valence-corrected chi connectivity index (χ2v) is 9.01. The first-order chi connectivity index (χ1) is 16.5. The number of hydrogen-bond donors (Lipinski definition) is 2. The topological polar surface area (TPSA) is 109 Å². The van der Waals surface area contributed by atoms with Crippen molar-refractivity contribution in [3.63, 3.8) is 0 Å². The van der Waals surface area contributed by atoms with E-state index in [4.69, 9.17) is 4.74 Å². The Balaban J connectivity index is 1.21. The molecule has 172 valence electrons. The number of aromatic nitrogens is 1. The molecular formula is C25H21N3O5S. The standard InChI is InChI=1S/C25H21N3O5S/c29-23(28-14-34-13-22(28)24(30)31)21-10-9-15(11-26-21)27-25(32)33-12-20-18-7-3-1-5-16(18)17-6-2-4-8-19(17)20/h1-11,20,22H,12-14H2,(H,27,32)(H,30,31). The van der Waals surface area contributed by atoms with Crippen molar-refractivity contribution in [2.75, 3.05) is 23.6 Å². The lowest BCUT2D eigenvalue weighted by molar-refractivity contribution is -0.140. The third kappa shape index (κ3) is 4.10. The van der Waals surface area contributed by atoms with Crippen molar-refractivity contribution in [1.29, 1.82) is 0 Å². The Bertz CT molecular complexity index is 1220. The summed E-state index contributed by atoms with van der Waals surface area (Å²) in [6.07, 6.45) is 0.734. The number of thioether (sulfide) groups is 1. The van der Waals surface area contributed by atoms with Gasteiger partial charge < -0.3 is 14.7 Å². The summed E-state index contributed by atoms with van der Waals surface area (Å²) in [6, 6.07) is 18.3. The molecule has 0 radical (unpaired) electrons. The predicted molar refractivity (Wildman–Crippen MR) is 128 cm³/mol. The van der Waals surface area contributed by atoms with Gasteiger partial charge >= 0.3 is 12.1 Å². The molecule has 2 amide bonds. The minimum atomic E-state index is -1.04. The van der Waals surface area contributed by atoms with E-state index >= 15 is 0 Å². The Labute approximate surface area is 199 Å². The van der Waals surface area contributed by atoms with Gasteiger partial charge in [0.15, 0.2) is 0 Å². The fourth-order valence-electron chi connectivity index (χ4n) is 4.34. The second kappa shape index (κ2) is 9.18. The molecule has 1 aromatic heterocycles. The van der Waals surface area contributed by atoms with Crippen LogP contribution in [-0.2, 0) is 9.53 Å². The third-order valence-corrected chi connectivity index (χ3v) is 7.01. The average Bonchev–Trinajstić information content (AvgIpc) is 3.46. The van der Waals surface area contributed by atoms with Crippen molar-refractivity contribution in [2.45, 2.75) is 12.0 Å². The van der Waals surface area contributed by atoms with Crippen LogP contribution in [0.3, 0.4) is 0 Å². The normalized spacial score (nSPS) is 16.6. The van der Waals surface area contributed by atoms with Gasteiger partial charge in [0.05, 0.1) is 17.8 Å². The fraction of sp³-hybridized carbons (Fsp3) is 0.200. The number of carboxylic acids is 1. The van der Waals surface area contributed by atoms with Crippen molar-refractivity contribution < 1.29 is 24.2 Å². The quantitative estimate of drug-likeness (QED) is 0.573. The van der Waals surface area contributed by atoms with Gasteiger partial charge in [-0.2, -0.15) is 0 Å². The SMILES string of the molecule is O=C(Nc1ccc(C(=O)N2CSCC2C(=O)O)nc1)OCC1c2ccccc2-c2ccccc21. The number of amides is 2. The van der Waals surface area contributed by atoms with Crippen molar-refractivity contribution in [3.05, 3.63) is 83.7 Å². The van der Waals surface area contributed by atoms with E-state index in [2.05, 4.69) is 34.6 Å². The number of ether oxygens (including phenoxy) is 1.